The van der Waals surface area contributed by atoms with E-state index in [1.54, 1.807) is 22.3 Å². The lowest BCUT2D eigenvalue weighted by molar-refractivity contribution is 0.350. The molecule has 1 atom stereocenters. The maximum Gasteiger partial charge on any atom is 0.176 e. The van der Waals surface area contributed by atoms with E-state index in [0.29, 0.717) is 0 Å². The highest BCUT2D eigenvalue weighted by atomic mass is 16.3. The van der Waals surface area contributed by atoms with Gasteiger partial charge < -0.3 is 4.42 Å². The van der Waals surface area contributed by atoms with Gasteiger partial charge in [-0.3, -0.25) is 0 Å². The summed E-state index contributed by atoms with van der Waals surface area (Å²) in [7, 11) is 0. The summed E-state index contributed by atoms with van der Waals surface area (Å²) in [4.78, 5) is 10.2. The molecule has 3 nitrogen and oxygen atoms in total. The molecular weight excluding hydrogens is 741 g/mol. The SMILES string of the molecule is C1=CC(c2nc(-c3ccccc3)nc3c2oc2ccccc23)CC=C1c1cccc(-c2ccc3c(c2)-c2cc4c(cc2C32CCCCC2)-c2ccccc2C42CCCCC2)c1. The Labute approximate surface area is 357 Å². The van der Waals surface area contributed by atoms with Gasteiger partial charge in [0.25, 0.3) is 0 Å². The summed E-state index contributed by atoms with van der Waals surface area (Å²) < 4.78 is 6.48. The van der Waals surface area contributed by atoms with Gasteiger partial charge >= 0.3 is 0 Å². The van der Waals surface area contributed by atoms with Crippen molar-refractivity contribution in [1.29, 1.82) is 0 Å². The molecule has 296 valence electrons. The number of furan rings is 1. The first kappa shape index (κ1) is 35.4. The van der Waals surface area contributed by atoms with Crippen molar-refractivity contribution < 1.29 is 4.42 Å². The van der Waals surface area contributed by atoms with Gasteiger partial charge in [-0.15, -0.1) is 0 Å². The molecule has 6 aromatic carbocycles. The third kappa shape index (κ3) is 5.29. The predicted octanol–water partition coefficient (Wildman–Crippen LogP) is 15.3. The van der Waals surface area contributed by atoms with Crippen LogP contribution in [0.2, 0.25) is 0 Å². The van der Waals surface area contributed by atoms with Crippen LogP contribution < -0.4 is 0 Å². The summed E-state index contributed by atoms with van der Waals surface area (Å²) in [5.41, 5.74) is 22.2. The number of nitrogens with zero attached hydrogens (tertiary/aromatic N) is 2. The summed E-state index contributed by atoms with van der Waals surface area (Å²) in [6, 6.07) is 50.0. The van der Waals surface area contributed by atoms with Crippen molar-refractivity contribution in [2.75, 3.05) is 0 Å². The molecule has 0 aliphatic heterocycles. The summed E-state index contributed by atoms with van der Waals surface area (Å²) in [5.74, 6) is 0.811. The maximum absolute atomic E-state index is 6.48. The molecule has 5 aliphatic rings. The second-order valence-electron chi connectivity index (χ2n) is 18.6. The minimum absolute atomic E-state index is 0.0753. The summed E-state index contributed by atoms with van der Waals surface area (Å²) in [5, 5.41) is 1.03. The molecule has 2 spiro atoms. The highest BCUT2D eigenvalue weighted by Gasteiger charge is 2.49. The molecule has 0 amide bonds. The highest BCUT2D eigenvalue weighted by molar-refractivity contribution is 6.04. The molecule has 2 aromatic heterocycles. The Morgan fingerprint density at radius 1 is 0.492 bits per heavy atom. The average molecular weight is 789 g/mol. The van der Waals surface area contributed by atoms with Gasteiger partial charge in [0.2, 0.25) is 0 Å². The standard InChI is InChI=1S/C58H48N2O/c1-4-15-39(16-5-1)56-59-53(55-54(60-56)44-20-7-9-22-52(44)61-55)38-25-23-37(24-26-38)40-17-14-18-41(33-40)42-27-28-49-45(34-42)47-36-50-46(35-51(47)58(49)31-12-3-13-32-58)43-19-6-8-21-48(43)57(50)29-10-2-11-30-57/h1,4-9,14-25,27-28,33-36,38H,2-3,10-13,26,29-32H2. The first-order valence-electron chi connectivity index (χ1n) is 22.8. The zero-order valence-electron chi connectivity index (χ0n) is 34.6. The van der Waals surface area contributed by atoms with E-state index in [4.69, 9.17) is 14.4 Å². The zero-order valence-corrected chi connectivity index (χ0v) is 34.6. The Hall–Kier alpha value is -6.32. The molecule has 61 heavy (non-hydrogen) atoms. The van der Waals surface area contributed by atoms with E-state index in [1.165, 1.54) is 109 Å². The van der Waals surface area contributed by atoms with Gasteiger partial charge in [-0.2, -0.15) is 0 Å². The number of rotatable bonds is 4. The molecule has 0 radical (unpaired) electrons. The van der Waals surface area contributed by atoms with Gasteiger partial charge in [0, 0.05) is 27.7 Å². The molecule has 8 aromatic rings. The van der Waals surface area contributed by atoms with E-state index in [-0.39, 0.29) is 16.7 Å². The van der Waals surface area contributed by atoms with Crippen molar-refractivity contribution in [3.63, 3.8) is 0 Å². The van der Waals surface area contributed by atoms with Crippen LogP contribution in [0.1, 0.15) is 110 Å². The summed E-state index contributed by atoms with van der Waals surface area (Å²) >= 11 is 0. The predicted molar refractivity (Wildman–Crippen MR) is 250 cm³/mol. The lowest BCUT2D eigenvalue weighted by atomic mass is 9.66. The Bertz CT molecular complexity index is 3130. The molecular formula is C58H48N2O. The minimum Gasteiger partial charge on any atom is -0.452 e. The number of aromatic nitrogens is 2. The van der Waals surface area contributed by atoms with Crippen LogP contribution in [-0.2, 0) is 10.8 Å². The van der Waals surface area contributed by atoms with Gasteiger partial charge in [-0.25, -0.2) is 9.97 Å². The van der Waals surface area contributed by atoms with Crippen molar-refractivity contribution in [2.24, 2.45) is 0 Å². The monoisotopic (exact) mass is 788 g/mol. The van der Waals surface area contributed by atoms with Crippen LogP contribution in [0.4, 0.5) is 0 Å². The molecule has 1 unspecified atom stereocenters. The van der Waals surface area contributed by atoms with Gasteiger partial charge in [-0.05, 0) is 135 Å². The number of hydrogen-bond acceptors (Lipinski definition) is 3. The van der Waals surface area contributed by atoms with Crippen molar-refractivity contribution in [3.05, 3.63) is 185 Å². The molecule has 0 N–H and O–H groups in total. The maximum atomic E-state index is 6.48. The largest absolute Gasteiger partial charge is 0.452 e. The van der Waals surface area contributed by atoms with Gasteiger partial charge in [-0.1, -0.05) is 154 Å². The van der Waals surface area contributed by atoms with Gasteiger partial charge in [0.1, 0.15) is 11.1 Å². The number of hydrogen-bond donors (Lipinski definition) is 0. The van der Waals surface area contributed by atoms with Crippen LogP contribution in [-0.4, -0.2) is 9.97 Å². The van der Waals surface area contributed by atoms with E-state index < -0.39 is 0 Å². The molecule has 2 fully saturated rings. The van der Waals surface area contributed by atoms with E-state index >= 15 is 0 Å². The quantitative estimate of drug-likeness (QED) is 0.178. The summed E-state index contributed by atoms with van der Waals surface area (Å²) in [6.45, 7) is 0. The smallest absolute Gasteiger partial charge is 0.176 e. The topological polar surface area (TPSA) is 38.9 Å². The Morgan fingerprint density at radius 3 is 1.90 bits per heavy atom. The van der Waals surface area contributed by atoms with E-state index in [9.17, 15) is 0 Å². The second-order valence-corrected chi connectivity index (χ2v) is 18.6. The molecule has 0 bridgehead atoms. The van der Waals surface area contributed by atoms with Crippen LogP contribution >= 0.6 is 0 Å². The fourth-order valence-electron chi connectivity index (χ4n) is 12.5. The number of allylic oxidation sites excluding steroid dienone is 4. The molecule has 0 saturated heterocycles. The third-order valence-corrected chi connectivity index (χ3v) is 15.4. The number of fused-ring (bicyclic) bond motifs is 13. The Morgan fingerprint density at radius 2 is 1.13 bits per heavy atom. The minimum atomic E-state index is 0.0753. The summed E-state index contributed by atoms with van der Waals surface area (Å²) in [6.07, 6.45) is 20.8. The van der Waals surface area contributed by atoms with E-state index in [0.717, 1.165) is 45.6 Å². The first-order chi connectivity index (χ1) is 30.2. The van der Waals surface area contributed by atoms with Crippen molar-refractivity contribution in [3.8, 4) is 44.8 Å². The van der Waals surface area contributed by atoms with Crippen molar-refractivity contribution >= 4 is 27.6 Å². The van der Waals surface area contributed by atoms with Gasteiger partial charge in [0.05, 0.1) is 5.69 Å². The van der Waals surface area contributed by atoms with Crippen LogP contribution in [0.15, 0.2) is 156 Å². The van der Waals surface area contributed by atoms with Gasteiger partial charge in [0.15, 0.2) is 11.4 Å². The zero-order chi connectivity index (χ0) is 40.1. The number of para-hydroxylation sites is 1. The lowest BCUT2D eigenvalue weighted by Crippen LogP contribution is -2.29. The molecule has 2 saturated carbocycles. The Balaban J connectivity index is 0.865. The molecule has 2 heterocycles. The Kier molecular flexibility index (Phi) is 7.90. The van der Waals surface area contributed by atoms with Crippen LogP contribution in [0.3, 0.4) is 0 Å². The lowest BCUT2D eigenvalue weighted by Gasteiger charge is -2.37. The number of benzene rings is 6. The van der Waals surface area contributed by atoms with E-state index in [1.807, 2.05) is 30.3 Å². The van der Waals surface area contributed by atoms with Crippen molar-refractivity contribution in [1.82, 2.24) is 9.97 Å². The van der Waals surface area contributed by atoms with Crippen LogP contribution in [0, 0.1) is 0 Å². The first-order valence-corrected chi connectivity index (χ1v) is 22.8. The highest BCUT2D eigenvalue weighted by Crippen LogP contribution is 2.62. The fraction of sp³-hybridized carbons (Fsp3) is 0.241. The normalized spacial score (nSPS) is 19.2. The third-order valence-electron chi connectivity index (χ3n) is 15.4. The second kappa shape index (κ2) is 13.6. The molecule has 5 aliphatic carbocycles. The average Bonchev–Trinajstić information content (AvgIpc) is 3.93. The van der Waals surface area contributed by atoms with E-state index in [2.05, 4.69) is 121 Å². The fourth-order valence-corrected chi connectivity index (χ4v) is 12.5. The molecule has 3 heteroatoms. The molecule has 13 rings (SSSR count). The van der Waals surface area contributed by atoms with Crippen LogP contribution in [0.5, 0.6) is 0 Å². The van der Waals surface area contributed by atoms with Crippen LogP contribution in [0.25, 0.3) is 72.4 Å². The van der Waals surface area contributed by atoms with Crippen molar-refractivity contribution in [2.45, 2.75) is 87.4 Å².